The molecule has 0 bridgehead atoms. The summed E-state index contributed by atoms with van der Waals surface area (Å²) in [4.78, 5) is 78.8. The van der Waals surface area contributed by atoms with E-state index in [1.165, 1.54) is 4.90 Å². The largest absolute Gasteiger partial charge is 0.451 e. The monoisotopic (exact) mass is 531 g/mol. The highest BCUT2D eigenvalue weighted by Gasteiger charge is 2.29. The molecule has 0 radical (unpaired) electrons. The number of hydrogen-bond donors (Lipinski definition) is 3. The van der Waals surface area contributed by atoms with Crippen molar-refractivity contribution in [2.45, 2.75) is 52.8 Å². The third kappa shape index (κ3) is 10.6. The molecule has 1 heterocycles. The van der Waals surface area contributed by atoms with E-state index in [0.29, 0.717) is 0 Å². The van der Waals surface area contributed by atoms with Crippen molar-refractivity contribution in [3.63, 3.8) is 0 Å². The Morgan fingerprint density at radius 1 is 0.947 bits per heavy atom. The van der Waals surface area contributed by atoms with E-state index in [-0.39, 0.29) is 24.9 Å². The molecule has 2 rings (SSSR count). The molecule has 12 nitrogen and oxygen atoms in total. The lowest BCUT2D eigenvalue weighted by atomic mass is 10.1. The number of amides is 5. The summed E-state index contributed by atoms with van der Waals surface area (Å²) in [5, 5.41) is 7.53. The second-order valence-corrected chi connectivity index (χ2v) is 9.81. The van der Waals surface area contributed by atoms with Crippen molar-refractivity contribution in [1.29, 1.82) is 0 Å². The number of nitrogens with zero attached hydrogens (tertiary/aromatic N) is 2. The van der Waals surface area contributed by atoms with E-state index in [4.69, 9.17) is 4.74 Å². The van der Waals surface area contributed by atoms with Crippen molar-refractivity contribution in [3.8, 4) is 0 Å². The number of carbonyl (C=O) groups is 6. The number of benzene rings is 1. The summed E-state index contributed by atoms with van der Waals surface area (Å²) < 4.78 is 5.28. The Balaban J connectivity index is 2.34. The van der Waals surface area contributed by atoms with E-state index >= 15 is 0 Å². The standard InChI is InChI=1S/C26H37N5O7/c1-17(2)10-20-26(37)28-11-23(34)31(15-22(33)29-18(3)4)16-24(35)30(13-19-8-6-5-7-9-19)14-21(32)27-12-25(36)38-20/h5-9,17-18,20H,10-16H2,1-4H3,(H,27,32)(H,28,37)(H,29,33). The maximum Gasteiger partial charge on any atom is 0.326 e. The van der Waals surface area contributed by atoms with Crippen LogP contribution in [0, 0.1) is 5.92 Å². The van der Waals surface area contributed by atoms with Crippen molar-refractivity contribution in [1.82, 2.24) is 25.8 Å². The predicted molar refractivity (Wildman–Crippen MR) is 137 cm³/mol. The highest BCUT2D eigenvalue weighted by molar-refractivity contribution is 5.94. The van der Waals surface area contributed by atoms with Crippen LogP contribution in [0.1, 0.15) is 39.7 Å². The van der Waals surface area contributed by atoms with E-state index in [1.807, 2.05) is 19.9 Å². The Kier molecular flexibility index (Phi) is 11.7. The molecule has 208 valence electrons. The topological polar surface area (TPSA) is 154 Å². The number of carbonyl (C=O) groups excluding carboxylic acids is 6. The first-order chi connectivity index (χ1) is 17.9. The quantitative estimate of drug-likeness (QED) is 0.404. The molecule has 1 aromatic carbocycles. The average molecular weight is 532 g/mol. The summed E-state index contributed by atoms with van der Waals surface area (Å²) in [7, 11) is 0. The molecule has 12 heteroatoms. The van der Waals surface area contributed by atoms with Crippen LogP contribution in [0.3, 0.4) is 0 Å². The van der Waals surface area contributed by atoms with Crippen LogP contribution in [-0.4, -0.2) is 90.2 Å². The van der Waals surface area contributed by atoms with Crippen molar-refractivity contribution in [2.75, 3.05) is 32.7 Å². The molecule has 0 aromatic heterocycles. The summed E-state index contributed by atoms with van der Waals surface area (Å²) in [6.45, 7) is 4.94. The molecule has 0 aliphatic carbocycles. The van der Waals surface area contributed by atoms with Gasteiger partial charge in [-0.25, -0.2) is 0 Å². The van der Waals surface area contributed by atoms with Gasteiger partial charge in [-0.05, 0) is 31.7 Å². The zero-order chi connectivity index (χ0) is 28.2. The normalized spacial score (nSPS) is 18.5. The lowest BCUT2D eigenvalue weighted by Crippen LogP contribution is -2.51. The molecule has 1 saturated heterocycles. The molecule has 0 spiro atoms. The second kappa shape index (κ2) is 14.7. The van der Waals surface area contributed by atoms with Crippen LogP contribution >= 0.6 is 0 Å². The van der Waals surface area contributed by atoms with Crippen molar-refractivity contribution in [3.05, 3.63) is 35.9 Å². The molecular formula is C26H37N5O7. The minimum atomic E-state index is -1.17. The first kappa shape index (κ1) is 30.3. The zero-order valence-corrected chi connectivity index (χ0v) is 22.3. The third-order valence-electron chi connectivity index (χ3n) is 5.46. The average Bonchev–Trinajstić information content (AvgIpc) is 2.84. The predicted octanol–water partition coefficient (Wildman–Crippen LogP) is -0.428. The minimum absolute atomic E-state index is 0.00804. The highest BCUT2D eigenvalue weighted by Crippen LogP contribution is 2.10. The smallest absolute Gasteiger partial charge is 0.326 e. The summed E-state index contributed by atoms with van der Waals surface area (Å²) in [5.41, 5.74) is 0.741. The maximum atomic E-state index is 13.3. The van der Waals surface area contributed by atoms with E-state index < -0.39 is 74.3 Å². The van der Waals surface area contributed by atoms with Gasteiger partial charge in [-0.3, -0.25) is 28.8 Å². The summed E-state index contributed by atoms with van der Waals surface area (Å²) in [6, 6.07) is 8.74. The number of cyclic esters (lactones) is 1. The van der Waals surface area contributed by atoms with Gasteiger partial charge in [0.05, 0.1) is 13.1 Å². The Morgan fingerprint density at radius 2 is 1.63 bits per heavy atom. The third-order valence-corrected chi connectivity index (χ3v) is 5.46. The van der Waals surface area contributed by atoms with Gasteiger partial charge >= 0.3 is 5.97 Å². The Bertz CT molecular complexity index is 1010. The summed E-state index contributed by atoms with van der Waals surface area (Å²) in [5.74, 6) is -3.90. The molecule has 1 aliphatic rings. The molecule has 1 unspecified atom stereocenters. The van der Waals surface area contributed by atoms with E-state index in [9.17, 15) is 28.8 Å². The number of nitrogens with one attached hydrogen (secondary N) is 3. The molecule has 1 fully saturated rings. The first-order valence-electron chi connectivity index (χ1n) is 12.6. The summed E-state index contributed by atoms with van der Waals surface area (Å²) >= 11 is 0. The van der Waals surface area contributed by atoms with Crippen LogP contribution in [0.25, 0.3) is 0 Å². The van der Waals surface area contributed by atoms with Crippen LogP contribution < -0.4 is 16.0 Å². The van der Waals surface area contributed by atoms with E-state index in [2.05, 4.69) is 16.0 Å². The Labute approximate surface area is 222 Å². The molecule has 1 aromatic rings. The number of ether oxygens (including phenoxy) is 1. The number of rotatable bonds is 7. The van der Waals surface area contributed by atoms with Gasteiger partial charge in [-0.1, -0.05) is 44.2 Å². The van der Waals surface area contributed by atoms with Crippen molar-refractivity contribution < 1.29 is 33.5 Å². The van der Waals surface area contributed by atoms with Gasteiger partial charge in [0.2, 0.25) is 23.6 Å². The lowest BCUT2D eigenvalue weighted by molar-refractivity contribution is -0.156. The Morgan fingerprint density at radius 3 is 2.26 bits per heavy atom. The SMILES string of the molecule is CC(C)CC1OC(=O)CNC(=O)CN(Cc2ccccc2)C(=O)CN(CC(=O)NC(C)C)C(=O)CNC1=O. The fourth-order valence-corrected chi connectivity index (χ4v) is 3.70. The van der Waals surface area contributed by atoms with Gasteiger partial charge in [0, 0.05) is 12.6 Å². The lowest BCUT2D eigenvalue weighted by Gasteiger charge is -2.27. The van der Waals surface area contributed by atoms with Crippen molar-refractivity contribution >= 4 is 35.5 Å². The molecular weight excluding hydrogens is 494 g/mol. The molecule has 1 aliphatic heterocycles. The minimum Gasteiger partial charge on any atom is -0.451 e. The molecule has 5 amide bonds. The first-order valence-corrected chi connectivity index (χ1v) is 12.6. The second-order valence-electron chi connectivity index (χ2n) is 9.81. The van der Waals surface area contributed by atoms with Crippen molar-refractivity contribution in [2.24, 2.45) is 5.92 Å². The van der Waals surface area contributed by atoms with Crippen LogP contribution in [0.15, 0.2) is 30.3 Å². The van der Waals surface area contributed by atoms with Crippen LogP contribution in [-0.2, 0) is 40.0 Å². The molecule has 1 atom stereocenters. The van der Waals surface area contributed by atoms with E-state index in [1.54, 1.807) is 38.1 Å². The van der Waals surface area contributed by atoms with Crippen LogP contribution in [0.2, 0.25) is 0 Å². The van der Waals surface area contributed by atoms with Gasteiger partial charge in [0.1, 0.15) is 19.6 Å². The van der Waals surface area contributed by atoms with Crippen LogP contribution in [0.5, 0.6) is 0 Å². The highest BCUT2D eigenvalue weighted by atomic mass is 16.5. The maximum absolute atomic E-state index is 13.3. The van der Waals surface area contributed by atoms with Gasteiger partial charge in [-0.2, -0.15) is 0 Å². The number of hydrogen-bond acceptors (Lipinski definition) is 7. The molecule has 38 heavy (non-hydrogen) atoms. The van der Waals surface area contributed by atoms with Crippen LogP contribution in [0.4, 0.5) is 0 Å². The van der Waals surface area contributed by atoms with Gasteiger partial charge in [0.15, 0.2) is 6.10 Å². The fraction of sp³-hybridized carbons (Fsp3) is 0.538. The summed E-state index contributed by atoms with van der Waals surface area (Å²) in [6.07, 6.45) is -0.977. The molecule has 3 N–H and O–H groups in total. The van der Waals surface area contributed by atoms with Gasteiger partial charge < -0.3 is 30.5 Å². The van der Waals surface area contributed by atoms with E-state index in [0.717, 1.165) is 10.5 Å². The van der Waals surface area contributed by atoms with Gasteiger partial charge in [-0.15, -0.1) is 0 Å². The zero-order valence-electron chi connectivity index (χ0n) is 22.3. The van der Waals surface area contributed by atoms with Gasteiger partial charge in [0.25, 0.3) is 5.91 Å². The Hall–Kier alpha value is -3.96. The number of esters is 1. The fourth-order valence-electron chi connectivity index (χ4n) is 3.70. The molecule has 0 saturated carbocycles.